The number of para-hydroxylation sites is 1. The van der Waals surface area contributed by atoms with Crippen molar-refractivity contribution in [2.75, 3.05) is 31.1 Å². The normalized spacial score (nSPS) is 16.2. The molecule has 2 aromatic carbocycles. The second-order valence-corrected chi connectivity index (χ2v) is 7.67. The van der Waals surface area contributed by atoms with Crippen LogP contribution in [0.25, 0.3) is 0 Å². The number of rotatable bonds is 7. The maximum atomic E-state index is 12.0. The van der Waals surface area contributed by atoms with Gasteiger partial charge in [-0.1, -0.05) is 34.1 Å². The summed E-state index contributed by atoms with van der Waals surface area (Å²) in [6.07, 6.45) is 1.37. The first-order valence-electron chi connectivity index (χ1n) is 9.22. The Bertz CT molecular complexity index is 765. The molecule has 3 rings (SSSR count). The zero-order valence-electron chi connectivity index (χ0n) is 15.2. The van der Waals surface area contributed by atoms with Crippen molar-refractivity contribution in [3.8, 4) is 0 Å². The van der Waals surface area contributed by atoms with E-state index in [2.05, 4.69) is 43.6 Å². The summed E-state index contributed by atoms with van der Waals surface area (Å²) in [5, 5.41) is 5.78. The highest BCUT2D eigenvalue weighted by molar-refractivity contribution is 9.10. The molecule has 1 unspecified atom stereocenters. The summed E-state index contributed by atoms with van der Waals surface area (Å²) in [5.74, 6) is 0.278. The van der Waals surface area contributed by atoms with Crippen LogP contribution >= 0.6 is 15.9 Å². The van der Waals surface area contributed by atoms with Crippen LogP contribution in [-0.2, 0) is 4.79 Å². The van der Waals surface area contributed by atoms with Crippen LogP contribution in [0.4, 0.5) is 5.69 Å². The molecule has 27 heavy (non-hydrogen) atoms. The third kappa shape index (κ3) is 5.82. The molecule has 0 saturated carbocycles. The predicted molar refractivity (Wildman–Crippen MR) is 111 cm³/mol. The summed E-state index contributed by atoms with van der Waals surface area (Å²) < 4.78 is 0.927. The van der Waals surface area contributed by atoms with Gasteiger partial charge in [-0.05, 0) is 48.7 Å². The lowest BCUT2D eigenvalue weighted by atomic mass is 10.1. The number of amides is 2. The van der Waals surface area contributed by atoms with Crippen molar-refractivity contribution in [3.05, 3.63) is 64.6 Å². The Morgan fingerprint density at radius 1 is 1.04 bits per heavy atom. The Hall–Kier alpha value is -2.34. The van der Waals surface area contributed by atoms with E-state index >= 15 is 0 Å². The molecular formula is C21H24BrN3O2. The molecule has 0 aromatic heterocycles. The standard InChI is InChI=1S/C21H24BrN3O2/c22-18-8-6-17(7-9-18)21(27)23-12-10-20(26)24-14-16-11-13-25(15-16)19-4-2-1-3-5-19/h1-9,16H,10-15H2,(H,23,27)(H,24,26). The molecule has 0 bridgehead atoms. The first kappa shape index (κ1) is 19.4. The summed E-state index contributed by atoms with van der Waals surface area (Å²) in [7, 11) is 0. The topological polar surface area (TPSA) is 61.4 Å². The molecule has 1 aliphatic heterocycles. The van der Waals surface area contributed by atoms with Crippen LogP contribution in [0, 0.1) is 5.92 Å². The number of carbonyl (C=O) groups excluding carboxylic acids is 2. The molecule has 1 heterocycles. The number of hydrogen-bond donors (Lipinski definition) is 2. The van der Waals surface area contributed by atoms with Gasteiger partial charge in [0.1, 0.15) is 0 Å². The largest absolute Gasteiger partial charge is 0.371 e. The first-order valence-corrected chi connectivity index (χ1v) is 10.0. The van der Waals surface area contributed by atoms with Crippen molar-refractivity contribution in [1.82, 2.24) is 10.6 Å². The lowest BCUT2D eigenvalue weighted by Gasteiger charge is -2.18. The van der Waals surface area contributed by atoms with Crippen molar-refractivity contribution in [3.63, 3.8) is 0 Å². The highest BCUT2D eigenvalue weighted by Crippen LogP contribution is 2.22. The van der Waals surface area contributed by atoms with Gasteiger partial charge in [0.15, 0.2) is 0 Å². The van der Waals surface area contributed by atoms with Crippen molar-refractivity contribution in [2.24, 2.45) is 5.92 Å². The van der Waals surface area contributed by atoms with Gasteiger partial charge in [0.2, 0.25) is 5.91 Å². The minimum Gasteiger partial charge on any atom is -0.371 e. The van der Waals surface area contributed by atoms with E-state index in [4.69, 9.17) is 0 Å². The second-order valence-electron chi connectivity index (χ2n) is 6.75. The van der Waals surface area contributed by atoms with E-state index in [1.54, 1.807) is 12.1 Å². The number of anilines is 1. The molecule has 5 nitrogen and oxygen atoms in total. The van der Waals surface area contributed by atoms with Crippen LogP contribution < -0.4 is 15.5 Å². The molecule has 2 amide bonds. The molecule has 2 aromatic rings. The fourth-order valence-electron chi connectivity index (χ4n) is 3.21. The zero-order valence-corrected chi connectivity index (χ0v) is 16.7. The monoisotopic (exact) mass is 429 g/mol. The van der Waals surface area contributed by atoms with E-state index in [9.17, 15) is 9.59 Å². The van der Waals surface area contributed by atoms with Crippen LogP contribution in [0.15, 0.2) is 59.1 Å². The zero-order chi connectivity index (χ0) is 19.1. The van der Waals surface area contributed by atoms with E-state index in [1.807, 2.05) is 30.3 Å². The van der Waals surface area contributed by atoms with Crippen LogP contribution in [0.1, 0.15) is 23.2 Å². The Labute approximate surface area is 168 Å². The SMILES string of the molecule is O=C(CCNC(=O)c1ccc(Br)cc1)NCC1CCN(c2ccccc2)C1. The lowest BCUT2D eigenvalue weighted by Crippen LogP contribution is -2.34. The van der Waals surface area contributed by atoms with Gasteiger partial charge in [-0.2, -0.15) is 0 Å². The van der Waals surface area contributed by atoms with E-state index in [0.717, 1.165) is 24.0 Å². The molecule has 1 aliphatic rings. The Morgan fingerprint density at radius 3 is 2.52 bits per heavy atom. The maximum Gasteiger partial charge on any atom is 0.251 e. The molecule has 0 aliphatic carbocycles. The summed E-state index contributed by atoms with van der Waals surface area (Å²) in [6.45, 7) is 3.00. The summed E-state index contributed by atoms with van der Waals surface area (Å²) >= 11 is 3.34. The third-order valence-electron chi connectivity index (χ3n) is 4.74. The first-order chi connectivity index (χ1) is 13.1. The molecular weight excluding hydrogens is 406 g/mol. The van der Waals surface area contributed by atoms with Gasteiger partial charge in [-0.25, -0.2) is 0 Å². The quantitative estimate of drug-likeness (QED) is 0.709. The molecule has 0 radical (unpaired) electrons. The van der Waals surface area contributed by atoms with Gasteiger partial charge in [-0.15, -0.1) is 0 Å². The van der Waals surface area contributed by atoms with Gasteiger partial charge in [0.25, 0.3) is 5.91 Å². The smallest absolute Gasteiger partial charge is 0.251 e. The van der Waals surface area contributed by atoms with Crippen LogP contribution in [0.2, 0.25) is 0 Å². The second kappa shape index (κ2) is 9.55. The highest BCUT2D eigenvalue weighted by Gasteiger charge is 2.22. The number of nitrogens with one attached hydrogen (secondary N) is 2. The summed E-state index contributed by atoms with van der Waals surface area (Å²) in [6, 6.07) is 17.5. The molecule has 2 N–H and O–H groups in total. The van der Waals surface area contributed by atoms with Crippen LogP contribution in [0.3, 0.4) is 0 Å². The van der Waals surface area contributed by atoms with Gasteiger partial charge < -0.3 is 15.5 Å². The van der Waals surface area contributed by atoms with Crippen molar-refractivity contribution >= 4 is 33.4 Å². The molecule has 1 saturated heterocycles. The van der Waals surface area contributed by atoms with Crippen molar-refractivity contribution < 1.29 is 9.59 Å². The minimum atomic E-state index is -0.162. The lowest BCUT2D eigenvalue weighted by molar-refractivity contribution is -0.121. The van der Waals surface area contributed by atoms with E-state index < -0.39 is 0 Å². The average Bonchev–Trinajstić information content (AvgIpc) is 3.16. The van der Waals surface area contributed by atoms with Crippen LogP contribution in [0.5, 0.6) is 0 Å². The van der Waals surface area contributed by atoms with Gasteiger partial charge in [0.05, 0.1) is 0 Å². The summed E-state index contributed by atoms with van der Waals surface area (Å²) in [4.78, 5) is 26.4. The third-order valence-corrected chi connectivity index (χ3v) is 5.27. The van der Waals surface area contributed by atoms with Crippen molar-refractivity contribution in [1.29, 1.82) is 0 Å². The molecule has 142 valence electrons. The average molecular weight is 430 g/mol. The Kier molecular flexibility index (Phi) is 6.87. The predicted octanol–water partition coefficient (Wildman–Crippen LogP) is 3.21. The molecule has 1 atom stereocenters. The number of carbonyl (C=O) groups is 2. The molecule has 1 fully saturated rings. The van der Waals surface area contributed by atoms with E-state index in [-0.39, 0.29) is 18.2 Å². The summed E-state index contributed by atoms with van der Waals surface area (Å²) in [5.41, 5.74) is 1.83. The highest BCUT2D eigenvalue weighted by atomic mass is 79.9. The number of hydrogen-bond acceptors (Lipinski definition) is 3. The molecule has 0 spiro atoms. The van der Waals surface area contributed by atoms with Gasteiger partial charge in [-0.3, -0.25) is 9.59 Å². The van der Waals surface area contributed by atoms with Gasteiger partial charge >= 0.3 is 0 Å². The van der Waals surface area contributed by atoms with E-state index in [1.165, 1.54) is 5.69 Å². The Morgan fingerprint density at radius 2 is 1.78 bits per heavy atom. The minimum absolute atomic E-state index is 0.0238. The van der Waals surface area contributed by atoms with Crippen molar-refractivity contribution in [2.45, 2.75) is 12.8 Å². The fraction of sp³-hybridized carbons (Fsp3) is 0.333. The van der Waals surface area contributed by atoms with E-state index in [0.29, 0.717) is 24.6 Å². The van der Waals surface area contributed by atoms with Gasteiger partial charge in [0, 0.05) is 48.3 Å². The number of halogens is 1. The molecule has 6 heteroatoms. The fourth-order valence-corrected chi connectivity index (χ4v) is 3.48. The number of nitrogens with zero attached hydrogens (tertiary/aromatic N) is 1. The number of benzene rings is 2. The maximum absolute atomic E-state index is 12.0. The Balaban J connectivity index is 1.33. The van der Waals surface area contributed by atoms with Crippen LogP contribution in [-0.4, -0.2) is 38.0 Å².